The molecule has 1 aromatic heterocycles. The highest BCUT2D eigenvalue weighted by Gasteiger charge is 2.26. The summed E-state index contributed by atoms with van der Waals surface area (Å²) in [5.41, 5.74) is 3.22. The summed E-state index contributed by atoms with van der Waals surface area (Å²) in [6.07, 6.45) is 3.36. The number of nitrogens with zero attached hydrogens (tertiary/aromatic N) is 3. The molecular weight excluding hydrogens is 370 g/mol. The second-order valence-electron chi connectivity index (χ2n) is 6.78. The number of thiazole rings is 1. The van der Waals surface area contributed by atoms with Crippen LogP contribution in [0.4, 0.5) is 5.13 Å². The molecule has 0 unspecified atom stereocenters. The van der Waals surface area contributed by atoms with E-state index in [1.807, 2.05) is 47.8 Å². The maximum atomic E-state index is 13.0. The molecule has 0 saturated carbocycles. The molecule has 0 radical (unpaired) electrons. The van der Waals surface area contributed by atoms with Crippen LogP contribution in [-0.2, 0) is 16.0 Å². The predicted octanol–water partition coefficient (Wildman–Crippen LogP) is 3.97. The van der Waals surface area contributed by atoms with Crippen LogP contribution in [0.3, 0.4) is 0 Å². The molecule has 2 aromatic carbocycles. The van der Waals surface area contributed by atoms with Crippen molar-refractivity contribution in [3.63, 3.8) is 0 Å². The quantitative estimate of drug-likeness (QED) is 0.639. The zero-order valence-corrected chi connectivity index (χ0v) is 16.3. The molecule has 3 aromatic rings. The molecule has 0 bridgehead atoms. The third-order valence-electron chi connectivity index (χ3n) is 4.85. The van der Waals surface area contributed by atoms with Gasteiger partial charge in [0.2, 0.25) is 11.8 Å². The SMILES string of the molecule is O=C1CCCN1CN(C(=O)Cc1ccc(-c2ccccc2)cc1)c1nccs1. The fourth-order valence-electron chi connectivity index (χ4n) is 3.34. The van der Waals surface area contributed by atoms with Crippen molar-refractivity contribution < 1.29 is 9.59 Å². The van der Waals surface area contributed by atoms with Crippen LogP contribution in [0.5, 0.6) is 0 Å². The summed E-state index contributed by atoms with van der Waals surface area (Å²) >= 11 is 1.41. The van der Waals surface area contributed by atoms with Gasteiger partial charge < -0.3 is 4.90 Å². The van der Waals surface area contributed by atoms with Crippen molar-refractivity contribution in [1.82, 2.24) is 9.88 Å². The third kappa shape index (κ3) is 4.12. The molecular formula is C22H21N3O2S. The van der Waals surface area contributed by atoms with Crippen molar-refractivity contribution in [3.05, 3.63) is 71.7 Å². The van der Waals surface area contributed by atoms with Crippen LogP contribution in [0.15, 0.2) is 66.2 Å². The van der Waals surface area contributed by atoms with Gasteiger partial charge in [-0.25, -0.2) is 4.98 Å². The number of likely N-dealkylation sites (tertiary alicyclic amines) is 1. The van der Waals surface area contributed by atoms with E-state index in [-0.39, 0.29) is 24.9 Å². The fraction of sp³-hybridized carbons (Fsp3) is 0.227. The molecule has 28 heavy (non-hydrogen) atoms. The molecule has 0 N–H and O–H groups in total. The summed E-state index contributed by atoms with van der Waals surface area (Å²) < 4.78 is 0. The van der Waals surface area contributed by atoms with Crippen LogP contribution in [0.2, 0.25) is 0 Å². The zero-order valence-electron chi connectivity index (χ0n) is 15.5. The molecule has 6 heteroatoms. The lowest BCUT2D eigenvalue weighted by molar-refractivity contribution is -0.128. The van der Waals surface area contributed by atoms with Crippen molar-refractivity contribution in [2.24, 2.45) is 0 Å². The monoisotopic (exact) mass is 391 g/mol. The minimum Gasteiger partial charge on any atom is -0.324 e. The number of aromatic nitrogens is 1. The molecule has 5 nitrogen and oxygen atoms in total. The summed E-state index contributed by atoms with van der Waals surface area (Å²) in [6, 6.07) is 18.2. The van der Waals surface area contributed by atoms with Crippen LogP contribution in [0.25, 0.3) is 11.1 Å². The van der Waals surface area contributed by atoms with Gasteiger partial charge in [-0.2, -0.15) is 0 Å². The second kappa shape index (κ2) is 8.35. The first-order valence-electron chi connectivity index (χ1n) is 9.33. The van der Waals surface area contributed by atoms with Gasteiger partial charge in [-0.1, -0.05) is 54.6 Å². The smallest absolute Gasteiger partial charge is 0.234 e. The standard InChI is InChI=1S/C22H21N3O2S/c26-20-7-4-13-24(20)16-25(22-23-12-14-28-22)21(27)15-17-8-10-19(11-9-17)18-5-2-1-3-6-18/h1-3,5-6,8-12,14H,4,7,13,15-16H2. The summed E-state index contributed by atoms with van der Waals surface area (Å²) in [5.74, 6) is 0.0451. The van der Waals surface area contributed by atoms with Crippen molar-refractivity contribution in [1.29, 1.82) is 0 Å². The summed E-state index contributed by atoms with van der Waals surface area (Å²) in [7, 11) is 0. The largest absolute Gasteiger partial charge is 0.324 e. The lowest BCUT2D eigenvalue weighted by Gasteiger charge is -2.26. The Hall–Kier alpha value is -2.99. The molecule has 2 heterocycles. The van der Waals surface area contributed by atoms with Gasteiger partial charge in [0.1, 0.15) is 6.67 Å². The van der Waals surface area contributed by atoms with Gasteiger partial charge in [-0.15, -0.1) is 11.3 Å². The topological polar surface area (TPSA) is 53.5 Å². The van der Waals surface area contributed by atoms with Crippen LogP contribution in [0.1, 0.15) is 18.4 Å². The van der Waals surface area contributed by atoms with E-state index in [0.29, 0.717) is 18.1 Å². The van der Waals surface area contributed by atoms with Gasteiger partial charge in [-0.05, 0) is 23.1 Å². The van der Waals surface area contributed by atoms with Crippen LogP contribution in [0, 0.1) is 0 Å². The lowest BCUT2D eigenvalue weighted by Crippen LogP contribution is -2.43. The van der Waals surface area contributed by atoms with Crippen LogP contribution in [-0.4, -0.2) is 34.9 Å². The number of hydrogen-bond acceptors (Lipinski definition) is 4. The van der Waals surface area contributed by atoms with Crippen LogP contribution < -0.4 is 4.90 Å². The number of amides is 2. The van der Waals surface area contributed by atoms with Gasteiger partial charge in [0.15, 0.2) is 5.13 Å². The van der Waals surface area contributed by atoms with Gasteiger partial charge >= 0.3 is 0 Å². The molecule has 1 saturated heterocycles. The van der Waals surface area contributed by atoms with E-state index in [1.54, 1.807) is 16.0 Å². The Morgan fingerprint density at radius 2 is 1.82 bits per heavy atom. The first kappa shape index (κ1) is 18.4. The van der Waals surface area contributed by atoms with Gasteiger partial charge in [-0.3, -0.25) is 14.5 Å². The molecule has 0 spiro atoms. The molecule has 1 aliphatic heterocycles. The Bertz CT molecular complexity index is 940. The summed E-state index contributed by atoms with van der Waals surface area (Å²) in [5, 5.41) is 2.47. The zero-order chi connectivity index (χ0) is 19.3. The molecule has 4 rings (SSSR count). The highest BCUT2D eigenvalue weighted by molar-refractivity contribution is 7.13. The average Bonchev–Trinajstić information content (AvgIpc) is 3.39. The molecule has 0 aliphatic carbocycles. The number of carbonyl (C=O) groups excluding carboxylic acids is 2. The van der Waals surface area contributed by atoms with E-state index in [0.717, 1.165) is 23.1 Å². The summed E-state index contributed by atoms with van der Waals surface area (Å²) in [6.45, 7) is 0.965. The van der Waals surface area contributed by atoms with Crippen molar-refractivity contribution in [2.75, 3.05) is 18.1 Å². The molecule has 1 aliphatic rings. The highest BCUT2D eigenvalue weighted by Crippen LogP contribution is 2.23. The minimum atomic E-state index is -0.0536. The van der Waals surface area contributed by atoms with Crippen molar-refractivity contribution in [2.45, 2.75) is 19.3 Å². The molecule has 142 valence electrons. The number of benzene rings is 2. The second-order valence-corrected chi connectivity index (χ2v) is 7.65. The lowest BCUT2D eigenvalue weighted by atomic mass is 10.0. The van der Waals surface area contributed by atoms with Crippen LogP contribution >= 0.6 is 11.3 Å². The van der Waals surface area contributed by atoms with E-state index in [2.05, 4.69) is 17.1 Å². The summed E-state index contributed by atoms with van der Waals surface area (Å²) in [4.78, 5) is 32.7. The Morgan fingerprint density at radius 1 is 1.07 bits per heavy atom. The normalized spacial score (nSPS) is 13.7. The highest BCUT2D eigenvalue weighted by atomic mass is 32.1. The molecule has 2 amide bonds. The van der Waals surface area contributed by atoms with Gasteiger partial charge in [0.05, 0.1) is 6.42 Å². The number of anilines is 1. The average molecular weight is 391 g/mol. The number of hydrogen-bond donors (Lipinski definition) is 0. The minimum absolute atomic E-state index is 0.0536. The molecule has 1 fully saturated rings. The maximum absolute atomic E-state index is 13.0. The van der Waals surface area contributed by atoms with Crippen molar-refractivity contribution >= 4 is 28.3 Å². The fourth-order valence-corrected chi connectivity index (χ4v) is 3.99. The van der Waals surface area contributed by atoms with E-state index >= 15 is 0 Å². The Kier molecular flexibility index (Phi) is 5.48. The first-order valence-corrected chi connectivity index (χ1v) is 10.2. The number of rotatable bonds is 6. The molecule has 0 atom stereocenters. The van der Waals surface area contributed by atoms with E-state index in [4.69, 9.17) is 0 Å². The Balaban J connectivity index is 1.48. The third-order valence-corrected chi connectivity index (χ3v) is 5.65. The first-order chi connectivity index (χ1) is 13.7. The van der Waals surface area contributed by atoms with Crippen molar-refractivity contribution in [3.8, 4) is 11.1 Å². The predicted molar refractivity (Wildman–Crippen MR) is 111 cm³/mol. The van der Waals surface area contributed by atoms with E-state index in [9.17, 15) is 9.59 Å². The number of carbonyl (C=O) groups is 2. The van der Waals surface area contributed by atoms with Gasteiger partial charge in [0.25, 0.3) is 0 Å². The van der Waals surface area contributed by atoms with E-state index < -0.39 is 0 Å². The maximum Gasteiger partial charge on any atom is 0.234 e. The Morgan fingerprint density at radius 3 is 2.46 bits per heavy atom. The van der Waals surface area contributed by atoms with E-state index in [1.165, 1.54) is 11.3 Å². The van der Waals surface area contributed by atoms with Gasteiger partial charge in [0, 0.05) is 24.5 Å². The Labute approximate surface area is 168 Å².